The van der Waals surface area contributed by atoms with Crippen molar-refractivity contribution in [2.45, 2.75) is 4.90 Å². The number of carbonyl (C=O) groups excluding carboxylic acids is 2. The SMILES string of the molecule is COc1cccc(NC(=O)C(=O)Nc2ccc(SC#N)cc2)c1. The molecule has 0 aliphatic carbocycles. The highest BCUT2D eigenvalue weighted by atomic mass is 32.2. The van der Waals surface area contributed by atoms with Crippen LogP contribution in [0.15, 0.2) is 53.4 Å². The zero-order valence-electron chi connectivity index (χ0n) is 12.2. The monoisotopic (exact) mass is 327 g/mol. The number of nitriles is 1. The van der Waals surface area contributed by atoms with Crippen LogP contribution in [0.5, 0.6) is 5.75 Å². The van der Waals surface area contributed by atoms with Gasteiger partial charge in [0, 0.05) is 22.3 Å². The number of methoxy groups -OCH3 is 1. The predicted octanol–water partition coefficient (Wildman–Crippen LogP) is 2.85. The number of nitrogens with one attached hydrogen (secondary N) is 2. The maximum absolute atomic E-state index is 11.9. The van der Waals surface area contributed by atoms with E-state index in [2.05, 4.69) is 10.6 Å². The first-order chi connectivity index (χ1) is 11.1. The van der Waals surface area contributed by atoms with Crippen LogP contribution in [0.1, 0.15) is 0 Å². The van der Waals surface area contributed by atoms with Gasteiger partial charge in [-0.25, -0.2) is 0 Å². The van der Waals surface area contributed by atoms with Gasteiger partial charge in [-0.2, -0.15) is 5.26 Å². The maximum atomic E-state index is 11.9. The summed E-state index contributed by atoms with van der Waals surface area (Å²) in [6.07, 6.45) is 0. The second kappa shape index (κ2) is 7.87. The summed E-state index contributed by atoms with van der Waals surface area (Å²) in [5, 5.41) is 15.5. The second-order valence-corrected chi connectivity index (χ2v) is 5.22. The molecule has 0 bridgehead atoms. The number of nitrogens with zero attached hydrogens (tertiary/aromatic N) is 1. The van der Waals surface area contributed by atoms with Crippen molar-refractivity contribution in [3.8, 4) is 11.2 Å². The minimum absolute atomic E-state index is 0.463. The quantitative estimate of drug-likeness (QED) is 0.512. The number of thioether (sulfide) groups is 1. The highest BCUT2D eigenvalue weighted by Gasteiger charge is 2.14. The minimum atomic E-state index is -0.784. The smallest absolute Gasteiger partial charge is 0.314 e. The molecule has 0 unspecified atom stereocenters. The third kappa shape index (κ3) is 4.76. The Labute approximate surface area is 137 Å². The van der Waals surface area contributed by atoms with E-state index in [1.165, 1.54) is 7.11 Å². The molecule has 2 aromatic rings. The van der Waals surface area contributed by atoms with Crippen LogP contribution < -0.4 is 15.4 Å². The summed E-state index contributed by atoms with van der Waals surface area (Å²) in [4.78, 5) is 24.5. The van der Waals surface area contributed by atoms with Crippen LogP contribution >= 0.6 is 11.8 Å². The van der Waals surface area contributed by atoms with Crippen LogP contribution in [0.4, 0.5) is 11.4 Å². The van der Waals surface area contributed by atoms with Crippen molar-refractivity contribution >= 4 is 35.0 Å². The molecule has 2 rings (SSSR count). The fourth-order valence-electron chi connectivity index (χ4n) is 1.74. The molecule has 23 heavy (non-hydrogen) atoms. The van der Waals surface area contributed by atoms with E-state index >= 15 is 0 Å². The van der Waals surface area contributed by atoms with Gasteiger partial charge < -0.3 is 15.4 Å². The van der Waals surface area contributed by atoms with Gasteiger partial charge in [0.1, 0.15) is 11.2 Å². The summed E-state index contributed by atoms with van der Waals surface area (Å²) < 4.78 is 5.05. The van der Waals surface area contributed by atoms with Crippen molar-refractivity contribution < 1.29 is 14.3 Å². The van der Waals surface area contributed by atoms with Gasteiger partial charge in [-0.05, 0) is 48.2 Å². The number of hydrogen-bond acceptors (Lipinski definition) is 5. The molecular weight excluding hydrogens is 314 g/mol. The van der Waals surface area contributed by atoms with Crippen molar-refractivity contribution in [3.05, 3.63) is 48.5 Å². The van der Waals surface area contributed by atoms with E-state index in [-0.39, 0.29) is 0 Å². The lowest BCUT2D eigenvalue weighted by atomic mass is 10.3. The molecule has 0 aliphatic rings. The molecule has 0 saturated heterocycles. The van der Waals surface area contributed by atoms with E-state index in [0.717, 1.165) is 16.7 Å². The number of carbonyl (C=O) groups is 2. The molecule has 6 nitrogen and oxygen atoms in total. The second-order valence-electron chi connectivity index (χ2n) is 4.36. The first-order valence-corrected chi connectivity index (χ1v) is 7.36. The maximum Gasteiger partial charge on any atom is 0.314 e. The lowest BCUT2D eigenvalue weighted by Crippen LogP contribution is -2.29. The van der Waals surface area contributed by atoms with E-state index in [1.54, 1.807) is 48.5 Å². The third-order valence-electron chi connectivity index (χ3n) is 2.81. The predicted molar refractivity (Wildman–Crippen MR) is 88.2 cm³/mol. The van der Waals surface area contributed by atoms with Crippen molar-refractivity contribution in [1.82, 2.24) is 0 Å². The Morgan fingerprint density at radius 1 is 1.04 bits per heavy atom. The Morgan fingerprint density at radius 3 is 2.30 bits per heavy atom. The first-order valence-electron chi connectivity index (χ1n) is 6.55. The summed E-state index contributed by atoms with van der Waals surface area (Å²) in [7, 11) is 1.52. The van der Waals surface area contributed by atoms with Crippen LogP contribution in [0, 0.1) is 10.7 Å². The molecule has 0 radical (unpaired) electrons. The molecule has 0 aliphatic heterocycles. The Morgan fingerprint density at radius 2 is 1.70 bits per heavy atom. The van der Waals surface area contributed by atoms with Crippen LogP contribution in [0.3, 0.4) is 0 Å². The number of ether oxygens (including phenoxy) is 1. The molecule has 0 saturated carbocycles. The Bertz CT molecular complexity index is 754. The molecule has 0 spiro atoms. The van der Waals surface area contributed by atoms with Gasteiger partial charge in [0.15, 0.2) is 0 Å². The van der Waals surface area contributed by atoms with E-state index in [1.807, 2.05) is 5.40 Å². The summed E-state index contributed by atoms with van der Waals surface area (Å²) in [6, 6.07) is 13.3. The lowest BCUT2D eigenvalue weighted by Gasteiger charge is -2.08. The molecule has 0 atom stereocenters. The zero-order valence-corrected chi connectivity index (χ0v) is 13.0. The summed E-state index contributed by atoms with van der Waals surface area (Å²) >= 11 is 1.02. The van der Waals surface area contributed by atoms with Gasteiger partial charge in [0.05, 0.1) is 7.11 Å². The number of benzene rings is 2. The molecular formula is C16H13N3O3S. The number of anilines is 2. The Balaban J connectivity index is 1.96. The van der Waals surface area contributed by atoms with E-state index in [9.17, 15) is 9.59 Å². The van der Waals surface area contributed by atoms with Gasteiger partial charge in [-0.3, -0.25) is 9.59 Å². The van der Waals surface area contributed by atoms with Crippen LogP contribution in [-0.2, 0) is 9.59 Å². The molecule has 0 aromatic heterocycles. The minimum Gasteiger partial charge on any atom is -0.497 e. The van der Waals surface area contributed by atoms with Gasteiger partial charge in [0.25, 0.3) is 0 Å². The molecule has 2 N–H and O–H groups in total. The third-order valence-corrected chi connectivity index (χ3v) is 3.41. The number of rotatable bonds is 4. The average Bonchev–Trinajstić information content (AvgIpc) is 2.57. The van der Waals surface area contributed by atoms with Crippen molar-refractivity contribution in [2.24, 2.45) is 0 Å². The number of amides is 2. The topological polar surface area (TPSA) is 91.2 Å². The van der Waals surface area contributed by atoms with Crippen LogP contribution in [0.25, 0.3) is 0 Å². The summed E-state index contributed by atoms with van der Waals surface area (Å²) in [5.41, 5.74) is 0.934. The van der Waals surface area contributed by atoms with Gasteiger partial charge in [-0.1, -0.05) is 6.07 Å². The highest BCUT2D eigenvalue weighted by Crippen LogP contribution is 2.19. The standard InChI is InChI=1S/C16H13N3O3S/c1-22-13-4-2-3-12(9-13)19-16(21)15(20)18-11-5-7-14(8-6-11)23-10-17/h2-9H,1H3,(H,18,20)(H,19,21). The number of hydrogen-bond donors (Lipinski definition) is 2. The molecule has 0 fully saturated rings. The van der Waals surface area contributed by atoms with Crippen molar-refractivity contribution in [1.29, 1.82) is 5.26 Å². The zero-order chi connectivity index (χ0) is 16.7. The average molecular weight is 327 g/mol. The normalized spacial score (nSPS) is 9.57. The van der Waals surface area contributed by atoms with E-state index < -0.39 is 11.8 Å². The van der Waals surface area contributed by atoms with Crippen molar-refractivity contribution in [3.63, 3.8) is 0 Å². The summed E-state index contributed by atoms with van der Waals surface area (Å²) in [5.74, 6) is -0.990. The van der Waals surface area contributed by atoms with E-state index in [0.29, 0.717) is 17.1 Å². The fraction of sp³-hybridized carbons (Fsp3) is 0.0625. The number of thiocyanates is 1. The molecule has 116 valence electrons. The van der Waals surface area contributed by atoms with Crippen LogP contribution in [0.2, 0.25) is 0 Å². The molecule has 2 amide bonds. The fourth-order valence-corrected chi connectivity index (χ4v) is 2.11. The van der Waals surface area contributed by atoms with Gasteiger partial charge in [0.2, 0.25) is 0 Å². The highest BCUT2D eigenvalue weighted by molar-refractivity contribution is 8.03. The van der Waals surface area contributed by atoms with E-state index in [4.69, 9.17) is 10.00 Å². The van der Waals surface area contributed by atoms with Gasteiger partial charge >= 0.3 is 11.8 Å². The van der Waals surface area contributed by atoms with Crippen molar-refractivity contribution in [2.75, 3.05) is 17.7 Å². The Kier molecular flexibility index (Phi) is 5.61. The van der Waals surface area contributed by atoms with Gasteiger partial charge in [-0.15, -0.1) is 0 Å². The largest absolute Gasteiger partial charge is 0.497 e. The molecule has 2 aromatic carbocycles. The Hall–Kier alpha value is -2.98. The first kappa shape index (κ1) is 16.4. The van der Waals surface area contributed by atoms with Crippen LogP contribution in [-0.4, -0.2) is 18.9 Å². The summed E-state index contributed by atoms with van der Waals surface area (Å²) in [6.45, 7) is 0. The molecule has 0 heterocycles. The molecule has 7 heteroatoms. The lowest BCUT2D eigenvalue weighted by molar-refractivity contribution is -0.132.